The van der Waals surface area contributed by atoms with Crippen molar-refractivity contribution in [3.8, 4) is 5.75 Å². The van der Waals surface area contributed by atoms with E-state index >= 15 is 0 Å². The minimum absolute atomic E-state index is 0.0594. The maximum Gasteiger partial charge on any atom is 0.254 e. The standard InChI is InChI=1S/C21H21NO3/c1-16-8-10-17(11-9-16)14-22(15-20-7-4-12-25-20)21(23)18-5-3-6-19(13-18)24-2/h3-13H,14-15H2,1-2H3. The molecule has 3 aromatic rings. The Morgan fingerprint density at radius 2 is 1.84 bits per heavy atom. The van der Waals surface area contributed by atoms with E-state index in [1.165, 1.54) is 5.56 Å². The van der Waals surface area contributed by atoms with E-state index in [9.17, 15) is 4.79 Å². The van der Waals surface area contributed by atoms with Crippen molar-refractivity contribution in [2.45, 2.75) is 20.0 Å². The van der Waals surface area contributed by atoms with Crippen LogP contribution < -0.4 is 4.74 Å². The van der Waals surface area contributed by atoms with Gasteiger partial charge in [-0.1, -0.05) is 35.9 Å². The number of hydrogen-bond donors (Lipinski definition) is 0. The van der Waals surface area contributed by atoms with E-state index in [2.05, 4.69) is 12.1 Å². The Balaban J connectivity index is 1.86. The van der Waals surface area contributed by atoms with Gasteiger partial charge in [0.1, 0.15) is 11.5 Å². The highest BCUT2D eigenvalue weighted by atomic mass is 16.5. The molecule has 3 rings (SSSR count). The Bertz CT molecular complexity index is 823. The van der Waals surface area contributed by atoms with Gasteiger partial charge in [0.2, 0.25) is 0 Å². The molecule has 1 amide bonds. The van der Waals surface area contributed by atoms with Crippen LogP contribution in [-0.2, 0) is 13.1 Å². The Labute approximate surface area is 147 Å². The first-order valence-electron chi connectivity index (χ1n) is 8.17. The second kappa shape index (κ2) is 7.71. The van der Waals surface area contributed by atoms with Crippen molar-refractivity contribution in [2.24, 2.45) is 0 Å². The van der Waals surface area contributed by atoms with Crippen molar-refractivity contribution >= 4 is 5.91 Å². The van der Waals surface area contributed by atoms with E-state index in [1.807, 2.05) is 43.3 Å². The summed E-state index contributed by atoms with van der Waals surface area (Å²) in [4.78, 5) is 14.8. The van der Waals surface area contributed by atoms with E-state index in [1.54, 1.807) is 30.4 Å². The van der Waals surface area contributed by atoms with Gasteiger partial charge in [-0.25, -0.2) is 0 Å². The van der Waals surface area contributed by atoms with Gasteiger partial charge in [0.05, 0.1) is 19.9 Å². The summed E-state index contributed by atoms with van der Waals surface area (Å²) in [6.07, 6.45) is 1.62. The van der Waals surface area contributed by atoms with E-state index in [4.69, 9.17) is 9.15 Å². The molecule has 0 N–H and O–H groups in total. The van der Waals surface area contributed by atoms with Gasteiger partial charge in [-0.05, 0) is 42.8 Å². The predicted octanol–water partition coefficient (Wildman–Crippen LogP) is 4.44. The van der Waals surface area contributed by atoms with E-state index < -0.39 is 0 Å². The van der Waals surface area contributed by atoms with Gasteiger partial charge in [0.25, 0.3) is 5.91 Å². The number of rotatable bonds is 6. The van der Waals surface area contributed by atoms with Crippen LogP contribution in [0, 0.1) is 6.92 Å². The zero-order valence-corrected chi connectivity index (χ0v) is 14.4. The van der Waals surface area contributed by atoms with Crippen molar-refractivity contribution in [1.82, 2.24) is 4.90 Å². The minimum atomic E-state index is -0.0594. The first-order valence-corrected chi connectivity index (χ1v) is 8.17. The normalized spacial score (nSPS) is 10.5. The SMILES string of the molecule is COc1cccc(C(=O)N(Cc2ccc(C)cc2)Cc2ccco2)c1. The van der Waals surface area contributed by atoms with Gasteiger partial charge in [0.15, 0.2) is 0 Å². The number of methoxy groups -OCH3 is 1. The summed E-state index contributed by atoms with van der Waals surface area (Å²) in [5.74, 6) is 1.36. The number of amides is 1. The predicted molar refractivity (Wildman–Crippen MR) is 96.5 cm³/mol. The van der Waals surface area contributed by atoms with Crippen LogP contribution in [0.25, 0.3) is 0 Å². The van der Waals surface area contributed by atoms with Crippen LogP contribution in [0.2, 0.25) is 0 Å². The number of furan rings is 1. The molecule has 2 aromatic carbocycles. The minimum Gasteiger partial charge on any atom is -0.497 e. The van der Waals surface area contributed by atoms with Crippen molar-refractivity contribution in [1.29, 1.82) is 0 Å². The fraction of sp³-hybridized carbons (Fsp3) is 0.190. The molecular formula is C21H21NO3. The van der Waals surface area contributed by atoms with Crippen LogP contribution in [0.15, 0.2) is 71.3 Å². The highest BCUT2D eigenvalue weighted by molar-refractivity contribution is 5.94. The average Bonchev–Trinajstić information content (AvgIpc) is 3.15. The molecule has 0 atom stereocenters. The zero-order chi connectivity index (χ0) is 17.6. The molecule has 128 valence electrons. The van der Waals surface area contributed by atoms with Crippen molar-refractivity contribution in [3.63, 3.8) is 0 Å². The molecule has 0 fully saturated rings. The highest BCUT2D eigenvalue weighted by Gasteiger charge is 2.18. The molecule has 1 heterocycles. The maximum absolute atomic E-state index is 13.0. The Kier molecular flexibility index (Phi) is 5.19. The van der Waals surface area contributed by atoms with Gasteiger partial charge >= 0.3 is 0 Å². The molecular weight excluding hydrogens is 314 g/mol. The van der Waals surface area contributed by atoms with Crippen LogP contribution >= 0.6 is 0 Å². The Hall–Kier alpha value is -3.01. The molecule has 4 heteroatoms. The second-order valence-electron chi connectivity index (χ2n) is 5.96. The maximum atomic E-state index is 13.0. The molecule has 0 aliphatic carbocycles. The summed E-state index contributed by atoms with van der Waals surface area (Å²) < 4.78 is 10.7. The third-order valence-corrected chi connectivity index (χ3v) is 4.02. The van der Waals surface area contributed by atoms with Gasteiger partial charge in [-0.2, -0.15) is 0 Å². The summed E-state index contributed by atoms with van der Waals surface area (Å²) in [7, 11) is 1.59. The molecule has 0 aliphatic rings. The number of benzene rings is 2. The summed E-state index contributed by atoms with van der Waals surface area (Å²) in [6, 6.07) is 19.1. The number of carbonyl (C=O) groups excluding carboxylic acids is 1. The van der Waals surface area contributed by atoms with Crippen LogP contribution in [0.4, 0.5) is 0 Å². The van der Waals surface area contributed by atoms with Crippen LogP contribution in [-0.4, -0.2) is 17.9 Å². The zero-order valence-electron chi connectivity index (χ0n) is 14.4. The number of nitrogens with zero attached hydrogens (tertiary/aromatic N) is 1. The molecule has 1 aromatic heterocycles. The van der Waals surface area contributed by atoms with Gasteiger partial charge in [0, 0.05) is 12.1 Å². The molecule has 0 aliphatic heterocycles. The topological polar surface area (TPSA) is 42.7 Å². The third kappa shape index (κ3) is 4.29. The van der Waals surface area contributed by atoms with Crippen LogP contribution in [0.1, 0.15) is 27.2 Å². The quantitative estimate of drug-likeness (QED) is 0.669. The lowest BCUT2D eigenvalue weighted by molar-refractivity contribution is 0.0717. The lowest BCUT2D eigenvalue weighted by atomic mass is 10.1. The summed E-state index contributed by atoms with van der Waals surface area (Å²) in [5, 5.41) is 0. The van der Waals surface area contributed by atoms with Crippen molar-refractivity contribution in [3.05, 3.63) is 89.4 Å². The molecule has 0 unspecified atom stereocenters. The first-order chi connectivity index (χ1) is 12.2. The molecule has 0 bridgehead atoms. The number of ether oxygens (including phenoxy) is 1. The number of carbonyl (C=O) groups is 1. The molecule has 25 heavy (non-hydrogen) atoms. The molecule has 0 radical (unpaired) electrons. The molecule has 0 spiro atoms. The van der Waals surface area contributed by atoms with Crippen molar-refractivity contribution in [2.75, 3.05) is 7.11 Å². The fourth-order valence-corrected chi connectivity index (χ4v) is 2.64. The van der Waals surface area contributed by atoms with E-state index in [0.717, 1.165) is 11.3 Å². The first kappa shape index (κ1) is 16.8. The van der Waals surface area contributed by atoms with Gasteiger partial charge in [-0.3, -0.25) is 4.79 Å². The fourth-order valence-electron chi connectivity index (χ4n) is 2.64. The Morgan fingerprint density at radius 1 is 1.04 bits per heavy atom. The lowest BCUT2D eigenvalue weighted by Gasteiger charge is -2.22. The Morgan fingerprint density at radius 3 is 2.52 bits per heavy atom. The number of aryl methyl sites for hydroxylation is 1. The van der Waals surface area contributed by atoms with Crippen LogP contribution in [0.3, 0.4) is 0 Å². The van der Waals surface area contributed by atoms with E-state index in [0.29, 0.717) is 24.4 Å². The summed E-state index contributed by atoms with van der Waals surface area (Å²) in [5.41, 5.74) is 2.87. The monoisotopic (exact) mass is 335 g/mol. The van der Waals surface area contributed by atoms with Gasteiger partial charge < -0.3 is 14.1 Å². The molecule has 4 nitrogen and oxygen atoms in total. The molecule has 0 saturated heterocycles. The smallest absolute Gasteiger partial charge is 0.254 e. The summed E-state index contributed by atoms with van der Waals surface area (Å²) >= 11 is 0. The third-order valence-electron chi connectivity index (χ3n) is 4.02. The van der Waals surface area contributed by atoms with Gasteiger partial charge in [-0.15, -0.1) is 0 Å². The van der Waals surface area contributed by atoms with Crippen LogP contribution in [0.5, 0.6) is 5.75 Å². The summed E-state index contributed by atoms with van der Waals surface area (Å²) in [6.45, 7) is 2.97. The van der Waals surface area contributed by atoms with E-state index in [-0.39, 0.29) is 5.91 Å². The average molecular weight is 335 g/mol. The van der Waals surface area contributed by atoms with Crippen molar-refractivity contribution < 1.29 is 13.9 Å². The largest absolute Gasteiger partial charge is 0.497 e. The molecule has 0 saturated carbocycles. The number of hydrogen-bond acceptors (Lipinski definition) is 3. The highest BCUT2D eigenvalue weighted by Crippen LogP contribution is 2.18. The second-order valence-corrected chi connectivity index (χ2v) is 5.96. The lowest BCUT2D eigenvalue weighted by Crippen LogP contribution is -2.30.